The standard InChI is InChI=1S/C22H25F2N5O2/c1-5-29(15(2)14-31-19-9-8-16(13-26-19)22(3,23)24)21(30)20-17(7-6-11-25-20)18-10-12-28(4)27-18/h6-13,15H,5,14H2,1-4H3/t15-/m0/s1. The first-order valence-electron chi connectivity index (χ1n) is 9.93. The molecule has 3 aromatic rings. The quantitative estimate of drug-likeness (QED) is 0.543. The van der Waals surface area contributed by atoms with Crippen LogP contribution in [0, 0.1) is 0 Å². The van der Waals surface area contributed by atoms with E-state index in [1.165, 1.54) is 12.1 Å². The fourth-order valence-corrected chi connectivity index (χ4v) is 3.15. The molecule has 0 fully saturated rings. The number of pyridine rings is 2. The average Bonchev–Trinajstić information content (AvgIpc) is 3.18. The second kappa shape index (κ2) is 9.20. The van der Waals surface area contributed by atoms with E-state index in [-0.39, 0.29) is 30.0 Å². The minimum absolute atomic E-state index is 0.153. The van der Waals surface area contributed by atoms with Crippen LogP contribution in [-0.4, -0.2) is 49.7 Å². The average molecular weight is 429 g/mol. The molecular formula is C22H25F2N5O2. The predicted molar refractivity (Wildman–Crippen MR) is 112 cm³/mol. The Hall–Kier alpha value is -3.36. The molecule has 0 bridgehead atoms. The van der Waals surface area contributed by atoms with Crippen LogP contribution < -0.4 is 4.74 Å². The van der Waals surface area contributed by atoms with E-state index < -0.39 is 5.92 Å². The molecule has 31 heavy (non-hydrogen) atoms. The lowest BCUT2D eigenvalue weighted by molar-refractivity contribution is 0.0169. The molecule has 0 aliphatic heterocycles. The third kappa shape index (κ3) is 5.22. The Bertz CT molecular complexity index is 1030. The van der Waals surface area contributed by atoms with Gasteiger partial charge in [0.15, 0.2) is 0 Å². The summed E-state index contributed by atoms with van der Waals surface area (Å²) in [6, 6.07) is 7.78. The molecule has 1 atom stereocenters. The lowest BCUT2D eigenvalue weighted by Gasteiger charge is -2.28. The van der Waals surface area contributed by atoms with Gasteiger partial charge in [-0.1, -0.05) is 0 Å². The van der Waals surface area contributed by atoms with Crippen LogP contribution in [0.25, 0.3) is 11.3 Å². The second-order valence-corrected chi connectivity index (χ2v) is 7.30. The van der Waals surface area contributed by atoms with E-state index in [2.05, 4.69) is 15.1 Å². The maximum Gasteiger partial charge on any atom is 0.273 e. The highest BCUT2D eigenvalue weighted by molar-refractivity contribution is 5.98. The normalized spacial score (nSPS) is 12.5. The van der Waals surface area contributed by atoms with E-state index in [1.807, 2.05) is 26.0 Å². The Morgan fingerprint density at radius 2 is 2.03 bits per heavy atom. The molecule has 9 heteroatoms. The van der Waals surface area contributed by atoms with Crippen LogP contribution in [0.2, 0.25) is 0 Å². The van der Waals surface area contributed by atoms with Crippen LogP contribution in [-0.2, 0) is 13.0 Å². The van der Waals surface area contributed by atoms with Crippen molar-refractivity contribution < 1.29 is 18.3 Å². The Balaban J connectivity index is 1.72. The number of halogens is 2. The maximum atomic E-state index is 13.3. The molecule has 0 spiro atoms. The largest absolute Gasteiger partial charge is 0.475 e. The van der Waals surface area contributed by atoms with Crippen LogP contribution in [0.15, 0.2) is 48.9 Å². The van der Waals surface area contributed by atoms with Gasteiger partial charge in [0.2, 0.25) is 5.88 Å². The van der Waals surface area contributed by atoms with Crippen LogP contribution in [0.4, 0.5) is 8.78 Å². The fraction of sp³-hybridized carbons (Fsp3) is 0.364. The number of likely N-dealkylation sites (N-methyl/N-ethyl adjacent to an activating group) is 1. The van der Waals surface area contributed by atoms with Gasteiger partial charge in [-0.3, -0.25) is 14.5 Å². The second-order valence-electron chi connectivity index (χ2n) is 7.30. The number of hydrogen-bond acceptors (Lipinski definition) is 5. The predicted octanol–water partition coefficient (Wildman–Crippen LogP) is 3.92. The third-order valence-corrected chi connectivity index (χ3v) is 4.85. The number of alkyl halides is 2. The van der Waals surface area contributed by atoms with Gasteiger partial charge in [-0.2, -0.15) is 5.10 Å². The summed E-state index contributed by atoms with van der Waals surface area (Å²) < 4.78 is 33.9. The van der Waals surface area contributed by atoms with Gasteiger partial charge in [0.25, 0.3) is 11.8 Å². The monoisotopic (exact) mass is 429 g/mol. The van der Waals surface area contributed by atoms with E-state index in [9.17, 15) is 13.6 Å². The number of amides is 1. The van der Waals surface area contributed by atoms with Crippen molar-refractivity contribution >= 4 is 5.91 Å². The van der Waals surface area contributed by atoms with Gasteiger partial charge in [0.1, 0.15) is 12.3 Å². The molecule has 1 amide bonds. The minimum atomic E-state index is -2.96. The number of hydrogen-bond donors (Lipinski definition) is 0. The Labute approximate surface area is 179 Å². The molecule has 164 valence electrons. The summed E-state index contributed by atoms with van der Waals surface area (Å²) in [7, 11) is 1.81. The molecule has 0 unspecified atom stereocenters. The molecule has 0 aliphatic rings. The Kier molecular flexibility index (Phi) is 6.62. The number of ether oxygens (including phenoxy) is 1. The fourth-order valence-electron chi connectivity index (χ4n) is 3.15. The number of carbonyl (C=O) groups excluding carboxylic acids is 1. The van der Waals surface area contributed by atoms with E-state index in [1.54, 1.807) is 35.1 Å². The van der Waals surface area contributed by atoms with Crippen molar-refractivity contribution in [1.82, 2.24) is 24.6 Å². The van der Waals surface area contributed by atoms with E-state index in [4.69, 9.17) is 4.74 Å². The molecule has 3 rings (SSSR count). The van der Waals surface area contributed by atoms with Crippen molar-refractivity contribution in [3.8, 4) is 17.1 Å². The van der Waals surface area contributed by atoms with Crippen LogP contribution >= 0.6 is 0 Å². The number of nitrogens with zero attached hydrogens (tertiary/aromatic N) is 5. The van der Waals surface area contributed by atoms with Crippen LogP contribution in [0.3, 0.4) is 0 Å². The van der Waals surface area contributed by atoms with Gasteiger partial charge in [-0.25, -0.2) is 13.8 Å². The van der Waals surface area contributed by atoms with E-state index in [0.29, 0.717) is 23.5 Å². The maximum absolute atomic E-state index is 13.3. The summed E-state index contributed by atoms with van der Waals surface area (Å²) in [6.45, 7) is 5.12. The van der Waals surface area contributed by atoms with Crippen molar-refractivity contribution in [2.75, 3.05) is 13.2 Å². The molecule has 3 heterocycles. The summed E-state index contributed by atoms with van der Waals surface area (Å²) in [4.78, 5) is 23.1. The van der Waals surface area contributed by atoms with Gasteiger partial charge in [-0.05, 0) is 38.1 Å². The third-order valence-electron chi connectivity index (χ3n) is 4.85. The molecule has 0 radical (unpaired) electrons. The lowest BCUT2D eigenvalue weighted by Crippen LogP contribution is -2.42. The first-order valence-corrected chi connectivity index (χ1v) is 9.93. The van der Waals surface area contributed by atoms with Gasteiger partial charge >= 0.3 is 0 Å². The van der Waals surface area contributed by atoms with Crippen molar-refractivity contribution in [3.63, 3.8) is 0 Å². The zero-order chi connectivity index (χ0) is 22.6. The molecule has 0 aromatic carbocycles. The summed E-state index contributed by atoms with van der Waals surface area (Å²) in [5, 5.41) is 4.37. The molecule has 7 nitrogen and oxygen atoms in total. The van der Waals surface area contributed by atoms with Gasteiger partial charge in [0.05, 0.1) is 11.7 Å². The smallest absolute Gasteiger partial charge is 0.273 e. The molecule has 0 N–H and O–H groups in total. The van der Waals surface area contributed by atoms with Crippen molar-refractivity contribution in [1.29, 1.82) is 0 Å². The van der Waals surface area contributed by atoms with Crippen molar-refractivity contribution in [3.05, 3.63) is 60.2 Å². The summed E-state index contributed by atoms with van der Waals surface area (Å²) in [5.74, 6) is -2.98. The van der Waals surface area contributed by atoms with Gasteiger partial charge in [-0.15, -0.1) is 0 Å². The summed E-state index contributed by atoms with van der Waals surface area (Å²) >= 11 is 0. The minimum Gasteiger partial charge on any atom is -0.475 e. The first-order chi connectivity index (χ1) is 14.7. The summed E-state index contributed by atoms with van der Waals surface area (Å²) in [6.07, 6.45) is 4.47. The lowest BCUT2D eigenvalue weighted by atomic mass is 10.1. The molecule has 0 saturated heterocycles. The number of aromatic nitrogens is 4. The van der Waals surface area contributed by atoms with E-state index in [0.717, 1.165) is 13.1 Å². The zero-order valence-electron chi connectivity index (χ0n) is 17.9. The van der Waals surface area contributed by atoms with Gasteiger partial charge < -0.3 is 9.64 Å². The number of carbonyl (C=O) groups is 1. The molecule has 3 aromatic heterocycles. The number of aryl methyl sites for hydroxylation is 1. The van der Waals surface area contributed by atoms with E-state index >= 15 is 0 Å². The Morgan fingerprint density at radius 1 is 1.26 bits per heavy atom. The topological polar surface area (TPSA) is 73.1 Å². The number of rotatable bonds is 8. The first kappa shape index (κ1) is 22.3. The SMILES string of the molecule is CCN(C(=O)c1ncccc1-c1ccn(C)n1)[C@@H](C)COc1ccc(C(C)(F)F)cn1. The summed E-state index contributed by atoms with van der Waals surface area (Å²) in [5.41, 5.74) is 1.44. The van der Waals surface area contributed by atoms with Crippen molar-refractivity contribution in [2.45, 2.75) is 32.7 Å². The highest BCUT2D eigenvalue weighted by Gasteiger charge is 2.26. The van der Waals surface area contributed by atoms with Crippen LogP contribution in [0.1, 0.15) is 36.8 Å². The highest BCUT2D eigenvalue weighted by atomic mass is 19.3. The Morgan fingerprint density at radius 3 is 2.61 bits per heavy atom. The molecular weight excluding hydrogens is 404 g/mol. The van der Waals surface area contributed by atoms with Crippen molar-refractivity contribution in [2.24, 2.45) is 7.05 Å². The highest BCUT2D eigenvalue weighted by Crippen LogP contribution is 2.27. The van der Waals surface area contributed by atoms with Crippen LogP contribution in [0.5, 0.6) is 5.88 Å². The molecule has 0 aliphatic carbocycles. The molecule has 0 saturated carbocycles. The van der Waals surface area contributed by atoms with Gasteiger partial charge in [0, 0.05) is 56.3 Å². The zero-order valence-corrected chi connectivity index (χ0v) is 17.9.